The zero-order valence-electron chi connectivity index (χ0n) is 16.0. The van der Waals surface area contributed by atoms with Gasteiger partial charge >= 0.3 is 0 Å². The molecule has 2 fully saturated rings. The van der Waals surface area contributed by atoms with Crippen molar-refractivity contribution in [1.29, 1.82) is 0 Å². The van der Waals surface area contributed by atoms with Crippen LogP contribution in [-0.2, 0) is 16.0 Å². The van der Waals surface area contributed by atoms with E-state index in [0.717, 1.165) is 5.56 Å². The van der Waals surface area contributed by atoms with Crippen molar-refractivity contribution in [3.05, 3.63) is 71.0 Å². The highest BCUT2D eigenvalue weighted by Gasteiger charge is 2.46. The van der Waals surface area contributed by atoms with Gasteiger partial charge in [0.2, 0.25) is 11.8 Å². The molecule has 3 atom stereocenters. The Kier molecular flexibility index (Phi) is 5.05. The van der Waals surface area contributed by atoms with Crippen LogP contribution < -0.4 is 10.6 Å². The summed E-state index contributed by atoms with van der Waals surface area (Å²) in [6.45, 7) is 1.89. The molecule has 0 bridgehead atoms. The summed E-state index contributed by atoms with van der Waals surface area (Å²) in [6, 6.07) is 12.3. The molecule has 2 aliphatic heterocycles. The van der Waals surface area contributed by atoms with E-state index in [-0.39, 0.29) is 30.0 Å². The smallest absolute Gasteiger partial charge is 0.251 e. The second-order valence-corrected chi connectivity index (χ2v) is 7.63. The highest BCUT2D eigenvalue weighted by molar-refractivity contribution is 5.98. The Bertz CT molecular complexity index is 963. The number of piperazine rings is 1. The summed E-state index contributed by atoms with van der Waals surface area (Å²) >= 11 is 0. The van der Waals surface area contributed by atoms with E-state index < -0.39 is 23.8 Å². The molecular formula is C22H22FN3O3. The number of hydrogen-bond donors (Lipinski definition) is 2. The van der Waals surface area contributed by atoms with Gasteiger partial charge in [-0.1, -0.05) is 36.4 Å². The summed E-state index contributed by atoms with van der Waals surface area (Å²) in [5.41, 5.74) is 1.65. The molecule has 2 saturated heterocycles. The molecule has 150 valence electrons. The van der Waals surface area contributed by atoms with Crippen molar-refractivity contribution in [3.63, 3.8) is 0 Å². The molecule has 0 aromatic heterocycles. The molecule has 3 amide bonds. The van der Waals surface area contributed by atoms with Gasteiger partial charge in [0.05, 0.1) is 0 Å². The van der Waals surface area contributed by atoms with Gasteiger partial charge in [-0.3, -0.25) is 14.4 Å². The minimum absolute atomic E-state index is 0.142. The molecule has 2 aliphatic rings. The number of fused-ring (bicyclic) bond motifs is 1. The lowest BCUT2D eigenvalue weighted by atomic mass is 10.0. The third kappa shape index (κ3) is 3.85. The third-order valence-electron chi connectivity index (χ3n) is 5.55. The molecule has 6 nitrogen and oxygen atoms in total. The normalized spacial score (nSPS) is 23.5. The number of nitrogens with one attached hydrogen (secondary N) is 2. The van der Waals surface area contributed by atoms with Crippen LogP contribution in [0.1, 0.15) is 27.9 Å². The molecule has 7 heteroatoms. The van der Waals surface area contributed by atoms with Crippen molar-refractivity contribution in [1.82, 2.24) is 15.5 Å². The zero-order chi connectivity index (χ0) is 20.5. The Hall–Kier alpha value is -3.22. The van der Waals surface area contributed by atoms with Gasteiger partial charge in [0.1, 0.15) is 17.9 Å². The monoisotopic (exact) mass is 395 g/mol. The van der Waals surface area contributed by atoms with Gasteiger partial charge in [0.25, 0.3) is 5.91 Å². The number of carbonyl (C=O) groups excluding carboxylic acids is 3. The first-order valence-electron chi connectivity index (χ1n) is 9.64. The predicted octanol–water partition coefficient (Wildman–Crippen LogP) is 1.57. The Morgan fingerprint density at radius 2 is 1.97 bits per heavy atom. The van der Waals surface area contributed by atoms with E-state index >= 15 is 0 Å². The molecule has 0 unspecified atom stereocenters. The minimum Gasteiger partial charge on any atom is -0.347 e. The molecule has 0 saturated carbocycles. The number of halogens is 1. The maximum absolute atomic E-state index is 13.7. The van der Waals surface area contributed by atoms with E-state index in [0.29, 0.717) is 18.4 Å². The van der Waals surface area contributed by atoms with Crippen LogP contribution >= 0.6 is 0 Å². The summed E-state index contributed by atoms with van der Waals surface area (Å²) in [6.07, 6.45) is 0.768. The van der Waals surface area contributed by atoms with Gasteiger partial charge in [-0.2, -0.15) is 0 Å². The second-order valence-electron chi connectivity index (χ2n) is 7.63. The van der Waals surface area contributed by atoms with Gasteiger partial charge in [0.15, 0.2) is 0 Å². The molecule has 2 heterocycles. The molecule has 0 radical (unpaired) electrons. The molecule has 2 N–H and O–H groups in total. The van der Waals surface area contributed by atoms with Crippen LogP contribution in [0.2, 0.25) is 0 Å². The highest BCUT2D eigenvalue weighted by Crippen LogP contribution is 2.24. The number of amides is 3. The lowest BCUT2D eigenvalue weighted by Gasteiger charge is -2.34. The summed E-state index contributed by atoms with van der Waals surface area (Å²) in [5, 5.41) is 5.64. The van der Waals surface area contributed by atoms with E-state index in [1.807, 2.05) is 30.3 Å². The first-order chi connectivity index (χ1) is 13.9. The van der Waals surface area contributed by atoms with Crippen molar-refractivity contribution < 1.29 is 18.8 Å². The summed E-state index contributed by atoms with van der Waals surface area (Å²) in [7, 11) is 0. The Balaban J connectivity index is 1.43. The van der Waals surface area contributed by atoms with Crippen LogP contribution in [0.4, 0.5) is 4.39 Å². The van der Waals surface area contributed by atoms with Gasteiger partial charge in [-0.15, -0.1) is 0 Å². The van der Waals surface area contributed by atoms with E-state index in [1.165, 1.54) is 6.07 Å². The van der Waals surface area contributed by atoms with Gasteiger partial charge < -0.3 is 15.5 Å². The third-order valence-corrected chi connectivity index (χ3v) is 5.55. The highest BCUT2D eigenvalue weighted by atomic mass is 19.1. The molecule has 29 heavy (non-hydrogen) atoms. The van der Waals surface area contributed by atoms with E-state index in [4.69, 9.17) is 0 Å². The van der Waals surface area contributed by atoms with Crippen molar-refractivity contribution in [2.45, 2.75) is 37.9 Å². The van der Waals surface area contributed by atoms with Crippen LogP contribution in [0.3, 0.4) is 0 Å². The number of benzene rings is 2. The summed E-state index contributed by atoms with van der Waals surface area (Å²) in [5.74, 6) is -1.21. The van der Waals surface area contributed by atoms with E-state index in [2.05, 4.69) is 10.6 Å². The fourth-order valence-corrected chi connectivity index (χ4v) is 3.95. The van der Waals surface area contributed by atoms with Crippen LogP contribution in [0.5, 0.6) is 0 Å². The first kappa shape index (κ1) is 19.1. The molecule has 0 aliphatic carbocycles. The maximum atomic E-state index is 13.7. The Morgan fingerprint density at radius 1 is 1.21 bits per heavy atom. The number of rotatable bonds is 4. The summed E-state index contributed by atoms with van der Waals surface area (Å²) < 4.78 is 13.7. The van der Waals surface area contributed by atoms with E-state index in [9.17, 15) is 18.8 Å². The Labute approximate surface area is 168 Å². The first-order valence-corrected chi connectivity index (χ1v) is 9.64. The van der Waals surface area contributed by atoms with Crippen LogP contribution in [0, 0.1) is 12.7 Å². The Morgan fingerprint density at radius 3 is 2.69 bits per heavy atom. The topological polar surface area (TPSA) is 78.5 Å². The second kappa shape index (κ2) is 7.66. The van der Waals surface area contributed by atoms with Crippen LogP contribution in [0.25, 0.3) is 0 Å². The predicted molar refractivity (Wildman–Crippen MR) is 105 cm³/mol. The molecule has 0 spiro atoms. The van der Waals surface area contributed by atoms with Crippen molar-refractivity contribution in [2.24, 2.45) is 0 Å². The van der Waals surface area contributed by atoms with Crippen LogP contribution in [-0.4, -0.2) is 47.3 Å². The number of aryl methyl sites for hydroxylation is 1. The lowest BCUT2D eigenvalue weighted by Crippen LogP contribution is -2.61. The lowest BCUT2D eigenvalue weighted by molar-refractivity contribution is -0.147. The maximum Gasteiger partial charge on any atom is 0.251 e. The van der Waals surface area contributed by atoms with Gasteiger partial charge in [-0.05, 0) is 36.6 Å². The number of nitrogens with zero attached hydrogens (tertiary/aromatic N) is 1. The van der Waals surface area contributed by atoms with Crippen molar-refractivity contribution in [2.75, 3.05) is 6.54 Å². The fourth-order valence-electron chi connectivity index (χ4n) is 3.95. The van der Waals surface area contributed by atoms with E-state index in [1.54, 1.807) is 24.0 Å². The number of hydrogen-bond acceptors (Lipinski definition) is 3. The largest absolute Gasteiger partial charge is 0.347 e. The molecule has 2 aromatic rings. The molecule has 2 aromatic carbocycles. The SMILES string of the molecule is Cc1ccc(C(=O)N[C@H]2C[C@H]3C(=O)N[C@H](Cc4ccccc4)C(=O)N3C2)cc1F. The molecular weight excluding hydrogens is 373 g/mol. The van der Waals surface area contributed by atoms with Crippen molar-refractivity contribution in [3.8, 4) is 0 Å². The quantitative estimate of drug-likeness (QED) is 0.825. The minimum atomic E-state index is -0.609. The van der Waals surface area contributed by atoms with Crippen molar-refractivity contribution >= 4 is 17.7 Å². The zero-order valence-corrected chi connectivity index (χ0v) is 16.0. The summed E-state index contributed by atoms with van der Waals surface area (Å²) in [4.78, 5) is 39.4. The number of carbonyl (C=O) groups is 3. The van der Waals surface area contributed by atoms with Gasteiger partial charge in [0, 0.05) is 24.6 Å². The average molecular weight is 395 g/mol. The average Bonchev–Trinajstić information content (AvgIpc) is 3.13. The van der Waals surface area contributed by atoms with Crippen LogP contribution in [0.15, 0.2) is 48.5 Å². The molecule has 4 rings (SSSR count). The van der Waals surface area contributed by atoms with Gasteiger partial charge in [-0.25, -0.2) is 4.39 Å². The standard InChI is InChI=1S/C22H22FN3O3/c1-13-7-8-15(10-17(13)23)20(27)24-16-11-19-21(28)25-18(22(29)26(19)12-16)9-14-5-3-2-4-6-14/h2-8,10,16,18-19H,9,11-12H2,1H3,(H,24,27)(H,25,28)/t16-,18+,19-/m0/s1. The fraction of sp³-hybridized carbons (Fsp3) is 0.318.